The van der Waals surface area contributed by atoms with Crippen LogP contribution in [0.4, 0.5) is 10.3 Å². The molecule has 0 aliphatic carbocycles. The van der Waals surface area contributed by atoms with Gasteiger partial charge >= 0.3 is 0 Å². The minimum absolute atomic E-state index is 0.0234. The SMILES string of the molecule is CN(C)c1ncc(S(=O)(=O)c2ccc(Cl)cc2)c(Sc2ccc(F)cc2)n1. The van der Waals surface area contributed by atoms with Crippen molar-refractivity contribution in [3.05, 3.63) is 65.6 Å². The van der Waals surface area contributed by atoms with Crippen molar-refractivity contribution in [1.82, 2.24) is 9.97 Å². The molecule has 0 spiro atoms. The molecule has 0 atom stereocenters. The van der Waals surface area contributed by atoms with Crippen LogP contribution in [0.2, 0.25) is 5.02 Å². The average Bonchev–Trinajstić information content (AvgIpc) is 2.64. The number of rotatable bonds is 5. The molecule has 0 saturated heterocycles. The Bertz CT molecular complexity index is 1060. The van der Waals surface area contributed by atoms with Crippen molar-refractivity contribution in [3.8, 4) is 0 Å². The van der Waals surface area contributed by atoms with E-state index in [0.717, 1.165) is 11.8 Å². The molecule has 9 heteroatoms. The van der Waals surface area contributed by atoms with Crippen LogP contribution in [0.25, 0.3) is 0 Å². The Balaban J connectivity index is 2.11. The molecule has 140 valence electrons. The summed E-state index contributed by atoms with van der Waals surface area (Å²) in [6.45, 7) is 0. The lowest BCUT2D eigenvalue weighted by molar-refractivity contribution is 0.592. The fraction of sp³-hybridized carbons (Fsp3) is 0.111. The van der Waals surface area contributed by atoms with Crippen molar-refractivity contribution in [1.29, 1.82) is 0 Å². The number of hydrogen-bond acceptors (Lipinski definition) is 6. The van der Waals surface area contributed by atoms with Crippen LogP contribution < -0.4 is 4.90 Å². The van der Waals surface area contributed by atoms with Crippen molar-refractivity contribution in [3.63, 3.8) is 0 Å². The summed E-state index contributed by atoms with van der Waals surface area (Å²) >= 11 is 6.98. The molecule has 3 rings (SSSR count). The van der Waals surface area contributed by atoms with Gasteiger partial charge in [-0.15, -0.1) is 0 Å². The Morgan fingerprint density at radius 3 is 2.26 bits per heavy atom. The maximum atomic E-state index is 13.2. The maximum Gasteiger partial charge on any atom is 0.225 e. The Labute approximate surface area is 166 Å². The van der Waals surface area contributed by atoms with Gasteiger partial charge < -0.3 is 4.90 Å². The molecule has 1 aromatic heterocycles. The van der Waals surface area contributed by atoms with Crippen molar-refractivity contribution >= 4 is 39.1 Å². The van der Waals surface area contributed by atoms with E-state index in [2.05, 4.69) is 9.97 Å². The van der Waals surface area contributed by atoms with E-state index in [1.165, 1.54) is 42.6 Å². The molecule has 1 heterocycles. The van der Waals surface area contributed by atoms with Crippen LogP contribution >= 0.6 is 23.4 Å². The lowest BCUT2D eigenvalue weighted by atomic mass is 10.4. The smallest absolute Gasteiger partial charge is 0.225 e. The van der Waals surface area contributed by atoms with Gasteiger partial charge in [0.1, 0.15) is 15.7 Å². The Kier molecular flexibility index (Phi) is 5.69. The lowest BCUT2D eigenvalue weighted by Crippen LogP contribution is -2.15. The molecule has 0 aliphatic heterocycles. The minimum atomic E-state index is -3.85. The lowest BCUT2D eigenvalue weighted by Gasteiger charge is -2.14. The van der Waals surface area contributed by atoms with E-state index in [4.69, 9.17) is 11.6 Å². The fourth-order valence-corrected chi connectivity index (χ4v) is 4.75. The minimum Gasteiger partial charge on any atom is -0.347 e. The number of hydrogen-bond donors (Lipinski definition) is 0. The van der Waals surface area contributed by atoms with Crippen LogP contribution in [-0.2, 0) is 9.84 Å². The summed E-state index contributed by atoms with van der Waals surface area (Å²) in [7, 11) is -0.336. The van der Waals surface area contributed by atoms with Gasteiger partial charge in [-0.05, 0) is 48.5 Å². The second-order valence-electron chi connectivity index (χ2n) is 5.75. The Morgan fingerprint density at radius 1 is 1.04 bits per heavy atom. The predicted molar refractivity (Wildman–Crippen MR) is 104 cm³/mol. The standard InChI is InChI=1S/C18H15ClFN3O2S2/c1-23(2)18-21-11-16(27(24,25)15-9-3-12(19)4-10-15)17(22-18)26-14-7-5-13(20)6-8-14/h3-11H,1-2H3. The first kappa shape index (κ1) is 19.6. The van der Waals surface area contributed by atoms with Gasteiger partial charge in [-0.2, -0.15) is 0 Å². The zero-order chi connectivity index (χ0) is 19.6. The Morgan fingerprint density at radius 2 is 1.67 bits per heavy atom. The van der Waals surface area contributed by atoms with Crippen LogP contribution in [0.1, 0.15) is 0 Å². The van der Waals surface area contributed by atoms with E-state index in [0.29, 0.717) is 15.9 Å². The van der Waals surface area contributed by atoms with E-state index in [-0.39, 0.29) is 20.6 Å². The molecule has 27 heavy (non-hydrogen) atoms. The molecular weight excluding hydrogens is 409 g/mol. The summed E-state index contributed by atoms with van der Waals surface area (Å²) in [6.07, 6.45) is 1.29. The topological polar surface area (TPSA) is 63.2 Å². The van der Waals surface area contributed by atoms with Gasteiger partial charge in [-0.3, -0.25) is 0 Å². The first-order valence-corrected chi connectivity index (χ1v) is 10.4. The van der Waals surface area contributed by atoms with E-state index in [1.807, 2.05) is 0 Å². The quantitative estimate of drug-likeness (QED) is 0.569. The summed E-state index contributed by atoms with van der Waals surface area (Å²) in [5, 5.41) is 0.698. The number of nitrogens with zero attached hydrogens (tertiary/aromatic N) is 3. The van der Waals surface area contributed by atoms with Crippen LogP contribution in [0, 0.1) is 5.82 Å². The molecule has 0 saturated carbocycles. The van der Waals surface area contributed by atoms with Gasteiger partial charge in [0.25, 0.3) is 0 Å². The largest absolute Gasteiger partial charge is 0.347 e. The highest BCUT2D eigenvalue weighted by atomic mass is 35.5. The molecule has 2 aromatic carbocycles. The van der Waals surface area contributed by atoms with Crippen LogP contribution in [0.3, 0.4) is 0 Å². The molecule has 0 amide bonds. The van der Waals surface area contributed by atoms with Crippen LogP contribution in [0.5, 0.6) is 0 Å². The van der Waals surface area contributed by atoms with Crippen molar-refractivity contribution < 1.29 is 12.8 Å². The Hall–Kier alpha value is -2.16. The molecule has 0 fully saturated rings. The average molecular weight is 424 g/mol. The number of aromatic nitrogens is 2. The summed E-state index contributed by atoms with van der Waals surface area (Å²) in [5.41, 5.74) is 0. The summed E-state index contributed by atoms with van der Waals surface area (Å²) in [5.74, 6) is -0.000282. The van der Waals surface area contributed by atoms with E-state index in [1.54, 1.807) is 31.1 Å². The van der Waals surface area contributed by atoms with E-state index >= 15 is 0 Å². The normalized spacial score (nSPS) is 11.4. The number of halogens is 2. The van der Waals surface area contributed by atoms with Crippen molar-refractivity contribution in [2.24, 2.45) is 0 Å². The monoisotopic (exact) mass is 423 g/mol. The third-order valence-electron chi connectivity index (χ3n) is 3.55. The zero-order valence-corrected chi connectivity index (χ0v) is 16.8. The van der Waals surface area contributed by atoms with Crippen molar-refractivity contribution in [2.45, 2.75) is 19.7 Å². The van der Waals surface area contributed by atoms with Gasteiger partial charge in [0.05, 0.1) is 11.1 Å². The molecule has 5 nitrogen and oxygen atoms in total. The van der Waals surface area contributed by atoms with Crippen molar-refractivity contribution in [2.75, 3.05) is 19.0 Å². The van der Waals surface area contributed by atoms with Gasteiger partial charge in [0.15, 0.2) is 0 Å². The molecule has 0 bridgehead atoms. The van der Waals surface area contributed by atoms with Gasteiger partial charge in [0, 0.05) is 24.0 Å². The summed E-state index contributed by atoms with van der Waals surface area (Å²) in [4.78, 5) is 10.9. The second-order valence-corrected chi connectivity index (χ2v) is 9.16. The number of benzene rings is 2. The molecule has 0 aliphatic rings. The van der Waals surface area contributed by atoms with Gasteiger partial charge in [-0.1, -0.05) is 23.4 Å². The van der Waals surface area contributed by atoms with Crippen LogP contribution in [0.15, 0.2) is 74.4 Å². The molecule has 0 radical (unpaired) electrons. The molecule has 3 aromatic rings. The molecular formula is C18H15ClFN3O2S2. The fourth-order valence-electron chi connectivity index (χ4n) is 2.17. The summed E-state index contributed by atoms with van der Waals surface area (Å²) < 4.78 is 39.3. The molecule has 0 unspecified atom stereocenters. The second kappa shape index (κ2) is 7.84. The van der Waals surface area contributed by atoms with E-state index < -0.39 is 9.84 Å². The number of sulfone groups is 1. The highest BCUT2D eigenvalue weighted by Gasteiger charge is 2.24. The van der Waals surface area contributed by atoms with Crippen LogP contribution in [-0.4, -0.2) is 32.5 Å². The summed E-state index contributed by atoms with van der Waals surface area (Å²) in [6, 6.07) is 11.6. The molecule has 0 N–H and O–H groups in total. The third-order valence-corrected chi connectivity index (χ3v) is 6.72. The van der Waals surface area contributed by atoms with E-state index in [9.17, 15) is 12.8 Å². The highest BCUT2D eigenvalue weighted by molar-refractivity contribution is 8.00. The highest BCUT2D eigenvalue weighted by Crippen LogP contribution is 2.34. The number of anilines is 1. The third kappa shape index (κ3) is 4.40. The predicted octanol–water partition coefficient (Wildman–Crippen LogP) is 4.32. The first-order chi connectivity index (χ1) is 12.8. The first-order valence-electron chi connectivity index (χ1n) is 7.76. The zero-order valence-electron chi connectivity index (χ0n) is 14.4. The van der Waals surface area contributed by atoms with Gasteiger partial charge in [-0.25, -0.2) is 22.8 Å². The maximum absolute atomic E-state index is 13.2. The van der Waals surface area contributed by atoms with Gasteiger partial charge in [0.2, 0.25) is 15.8 Å².